The van der Waals surface area contributed by atoms with Gasteiger partial charge in [0.25, 0.3) is 5.91 Å². The Bertz CT molecular complexity index is 1330. The molecule has 0 aromatic heterocycles. The quantitative estimate of drug-likeness (QED) is 0.310. The van der Waals surface area contributed by atoms with Crippen molar-refractivity contribution in [2.24, 2.45) is 0 Å². The van der Waals surface area contributed by atoms with E-state index in [2.05, 4.69) is 10.6 Å². The number of nitrogens with zero attached hydrogens (tertiary/aromatic N) is 1. The van der Waals surface area contributed by atoms with Crippen LogP contribution < -0.4 is 10.6 Å². The van der Waals surface area contributed by atoms with Crippen LogP contribution in [0.5, 0.6) is 0 Å². The average molecular weight is 472 g/mol. The van der Waals surface area contributed by atoms with Crippen molar-refractivity contribution >= 4 is 46.4 Å². The topological polar surface area (TPSA) is 105 Å². The van der Waals surface area contributed by atoms with E-state index < -0.39 is 35.9 Å². The van der Waals surface area contributed by atoms with E-state index in [4.69, 9.17) is 4.74 Å². The third kappa shape index (κ3) is 5.06. The van der Waals surface area contributed by atoms with Crippen molar-refractivity contribution in [2.45, 2.75) is 19.4 Å². The Labute approximate surface area is 202 Å². The number of carbonyl (C=O) groups excluding carboxylic acids is 4. The van der Waals surface area contributed by atoms with Gasteiger partial charge in [-0.15, -0.1) is 0 Å². The number of fused-ring (bicyclic) bond motifs is 1. The third-order valence-electron chi connectivity index (χ3n) is 5.80. The maximum absolute atomic E-state index is 13.2. The molecule has 8 nitrogen and oxygen atoms in total. The van der Waals surface area contributed by atoms with Crippen molar-refractivity contribution in [3.8, 4) is 0 Å². The number of imide groups is 1. The molecule has 1 atom stereocenters. The zero-order valence-electron chi connectivity index (χ0n) is 19.4. The van der Waals surface area contributed by atoms with E-state index in [-0.39, 0.29) is 0 Å². The molecule has 0 radical (unpaired) electrons. The van der Waals surface area contributed by atoms with Gasteiger partial charge in [0.2, 0.25) is 5.91 Å². The zero-order chi connectivity index (χ0) is 25.0. The number of ether oxygens (including phenoxy) is 1. The van der Waals surface area contributed by atoms with Gasteiger partial charge in [-0.2, -0.15) is 0 Å². The molecule has 8 heteroatoms. The van der Waals surface area contributed by atoms with Crippen LogP contribution in [0.1, 0.15) is 25.0 Å². The molecule has 1 aliphatic rings. The molecule has 0 aliphatic carbocycles. The lowest BCUT2D eigenvalue weighted by molar-refractivity contribution is -0.137. The molecule has 1 heterocycles. The van der Waals surface area contributed by atoms with Crippen molar-refractivity contribution in [1.82, 2.24) is 10.2 Å². The van der Waals surface area contributed by atoms with Crippen molar-refractivity contribution in [1.29, 1.82) is 0 Å². The van der Waals surface area contributed by atoms with Crippen molar-refractivity contribution in [3.63, 3.8) is 0 Å². The molecule has 178 valence electrons. The van der Waals surface area contributed by atoms with E-state index in [9.17, 15) is 19.2 Å². The number of benzene rings is 3. The molecule has 4 amide bonds. The second kappa shape index (κ2) is 9.80. The smallest absolute Gasteiger partial charge is 0.330 e. The lowest BCUT2D eigenvalue weighted by atomic mass is 9.90. The van der Waals surface area contributed by atoms with Gasteiger partial charge in [-0.25, -0.2) is 9.59 Å². The van der Waals surface area contributed by atoms with E-state index in [0.717, 1.165) is 21.2 Å². The van der Waals surface area contributed by atoms with Crippen LogP contribution in [0.3, 0.4) is 0 Å². The number of rotatable bonds is 7. The first kappa shape index (κ1) is 23.7. The van der Waals surface area contributed by atoms with Gasteiger partial charge in [0.1, 0.15) is 12.1 Å². The lowest BCUT2D eigenvalue weighted by Crippen LogP contribution is -2.42. The second-order valence-corrected chi connectivity index (χ2v) is 8.26. The first-order valence-corrected chi connectivity index (χ1v) is 11.2. The molecule has 2 N–H and O–H groups in total. The Morgan fingerprint density at radius 1 is 1.03 bits per heavy atom. The highest BCUT2D eigenvalue weighted by molar-refractivity contribution is 6.10. The summed E-state index contributed by atoms with van der Waals surface area (Å²) in [6.07, 6.45) is 2.92. The van der Waals surface area contributed by atoms with Crippen molar-refractivity contribution < 1.29 is 23.9 Å². The van der Waals surface area contributed by atoms with Crippen LogP contribution in [-0.2, 0) is 24.7 Å². The molecule has 4 rings (SSSR count). The Hall–Kier alpha value is -4.46. The SMILES string of the molecule is CCOC(=O)/C=C/c1ccc(NC(=O)CN2C(=O)NC(C)(c3ccc4ccccc4c3)C2=O)cc1. The van der Waals surface area contributed by atoms with Gasteiger partial charge >= 0.3 is 12.0 Å². The van der Waals surface area contributed by atoms with E-state index in [1.807, 2.05) is 42.5 Å². The first-order valence-electron chi connectivity index (χ1n) is 11.2. The number of anilines is 1. The summed E-state index contributed by atoms with van der Waals surface area (Å²) in [4.78, 5) is 50.7. The van der Waals surface area contributed by atoms with Crippen LogP contribution in [0, 0.1) is 0 Å². The standard InChI is InChI=1S/C27H25N3O5/c1-3-35-24(32)15-10-18-8-13-22(14-9-18)28-23(31)17-30-25(33)27(2,29-26(30)34)21-12-11-19-6-4-5-7-20(19)16-21/h4-16H,3,17H2,1-2H3,(H,28,31)(H,29,34)/b15-10+. The molecule has 1 fully saturated rings. The van der Waals surface area contributed by atoms with Crippen molar-refractivity contribution in [2.75, 3.05) is 18.5 Å². The normalized spacial score (nSPS) is 17.6. The predicted octanol–water partition coefficient (Wildman–Crippen LogP) is 3.82. The summed E-state index contributed by atoms with van der Waals surface area (Å²) in [7, 11) is 0. The Balaban J connectivity index is 1.41. The molecule has 1 unspecified atom stereocenters. The van der Waals surface area contributed by atoms with Gasteiger partial charge in [-0.05, 0) is 60.0 Å². The molecular weight excluding hydrogens is 446 g/mol. The molecule has 1 aliphatic heterocycles. The third-order valence-corrected chi connectivity index (χ3v) is 5.80. The average Bonchev–Trinajstić information content (AvgIpc) is 3.07. The largest absolute Gasteiger partial charge is 0.463 e. The summed E-state index contributed by atoms with van der Waals surface area (Å²) in [5, 5.41) is 7.39. The molecule has 0 bridgehead atoms. The number of nitrogens with one attached hydrogen (secondary N) is 2. The van der Waals surface area contributed by atoms with Crippen molar-refractivity contribution in [3.05, 3.63) is 83.9 Å². The summed E-state index contributed by atoms with van der Waals surface area (Å²) in [5.41, 5.74) is 0.613. The summed E-state index contributed by atoms with van der Waals surface area (Å²) in [6, 6.07) is 19.5. The summed E-state index contributed by atoms with van der Waals surface area (Å²) >= 11 is 0. The minimum absolute atomic E-state index is 0.299. The van der Waals surface area contributed by atoms with Gasteiger partial charge in [0.05, 0.1) is 6.61 Å². The molecule has 0 spiro atoms. The molecule has 3 aromatic carbocycles. The van der Waals surface area contributed by atoms with Crippen LogP contribution in [0.2, 0.25) is 0 Å². The Morgan fingerprint density at radius 3 is 2.46 bits per heavy atom. The molecule has 35 heavy (non-hydrogen) atoms. The minimum Gasteiger partial charge on any atom is -0.463 e. The van der Waals surface area contributed by atoms with E-state index in [1.54, 1.807) is 44.2 Å². The molecular formula is C27H25N3O5. The minimum atomic E-state index is -1.27. The lowest BCUT2D eigenvalue weighted by Gasteiger charge is -2.22. The number of urea groups is 1. The molecule has 0 saturated carbocycles. The number of carbonyl (C=O) groups is 4. The van der Waals surface area contributed by atoms with E-state index >= 15 is 0 Å². The second-order valence-electron chi connectivity index (χ2n) is 8.26. The summed E-state index contributed by atoms with van der Waals surface area (Å²) < 4.78 is 4.83. The molecule has 1 saturated heterocycles. The van der Waals surface area contributed by atoms with Gasteiger partial charge in [-0.3, -0.25) is 14.5 Å². The van der Waals surface area contributed by atoms with Gasteiger partial charge in [0, 0.05) is 11.8 Å². The van der Waals surface area contributed by atoms with Gasteiger partial charge < -0.3 is 15.4 Å². The van der Waals surface area contributed by atoms with E-state index in [1.165, 1.54) is 6.08 Å². The molecule has 3 aromatic rings. The van der Waals surface area contributed by atoms with Crippen LogP contribution in [0.15, 0.2) is 72.8 Å². The van der Waals surface area contributed by atoms with E-state index in [0.29, 0.717) is 17.9 Å². The zero-order valence-corrected chi connectivity index (χ0v) is 19.4. The number of hydrogen-bond donors (Lipinski definition) is 2. The first-order chi connectivity index (χ1) is 16.8. The van der Waals surface area contributed by atoms with Crippen LogP contribution in [-0.4, -0.2) is 41.9 Å². The monoisotopic (exact) mass is 471 g/mol. The van der Waals surface area contributed by atoms with Crippen LogP contribution in [0.4, 0.5) is 10.5 Å². The highest BCUT2D eigenvalue weighted by Gasteiger charge is 2.49. The fourth-order valence-electron chi connectivity index (χ4n) is 3.91. The Morgan fingerprint density at radius 2 is 1.74 bits per heavy atom. The summed E-state index contributed by atoms with van der Waals surface area (Å²) in [5.74, 6) is -1.44. The van der Waals surface area contributed by atoms with Crippen LogP contribution >= 0.6 is 0 Å². The fourth-order valence-corrected chi connectivity index (χ4v) is 3.91. The maximum Gasteiger partial charge on any atom is 0.330 e. The fraction of sp³-hybridized carbons (Fsp3) is 0.185. The summed E-state index contributed by atoms with van der Waals surface area (Å²) in [6.45, 7) is 3.25. The predicted molar refractivity (Wildman–Crippen MR) is 132 cm³/mol. The highest BCUT2D eigenvalue weighted by Crippen LogP contribution is 2.31. The highest BCUT2D eigenvalue weighted by atomic mass is 16.5. The van der Waals surface area contributed by atoms with Gasteiger partial charge in [-0.1, -0.05) is 48.5 Å². The van der Waals surface area contributed by atoms with Crippen LogP contribution in [0.25, 0.3) is 16.8 Å². The van der Waals surface area contributed by atoms with Gasteiger partial charge in [0.15, 0.2) is 0 Å². The Kier molecular flexibility index (Phi) is 6.64. The number of amides is 4. The number of esters is 1. The number of hydrogen-bond acceptors (Lipinski definition) is 5. The maximum atomic E-state index is 13.2.